The molecular weight excluding hydrogens is 290 g/mol. The van der Waals surface area contributed by atoms with Gasteiger partial charge in [-0.05, 0) is 30.4 Å². The van der Waals surface area contributed by atoms with Crippen molar-refractivity contribution < 1.29 is 17.9 Å². The van der Waals surface area contributed by atoms with E-state index in [1.807, 2.05) is 0 Å². The largest absolute Gasteiger partial charge is 0.497 e. The van der Waals surface area contributed by atoms with Gasteiger partial charge < -0.3 is 9.47 Å². The van der Waals surface area contributed by atoms with Gasteiger partial charge in [0.2, 0.25) is 10.0 Å². The summed E-state index contributed by atoms with van der Waals surface area (Å²) >= 11 is 0. The van der Waals surface area contributed by atoms with Crippen LogP contribution in [0.1, 0.15) is 20.3 Å². The SMILES string of the molecule is COc1ccc(S(=O)(=O)N2CC(C)CC(C)C2)c(OC)c1. The topological polar surface area (TPSA) is 55.8 Å². The number of benzene rings is 1. The number of nitrogens with zero attached hydrogens (tertiary/aromatic N) is 1. The molecule has 1 heterocycles. The van der Waals surface area contributed by atoms with Crippen LogP contribution in [0, 0.1) is 11.8 Å². The van der Waals surface area contributed by atoms with E-state index in [1.165, 1.54) is 14.2 Å². The van der Waals surface area contributed by atoms with Crippen LogP contribution in [0.4, 0.5) is 0 Å². The Morgan fingerprint density at radius 3 is 2.24 bits per heavy atom. The number of hydrogen-bond acceptors (Lipinski definition) is 4. The normalized spacial score (nSPS) is 23.8. The van der Waals surface area contributed by atoms with Crippen LogP contribution in [0.3, 0.4) is 0 Å². The first kappa shape index (κ1) is 16.1. The molecule has 0 aliphatic carbocycles. The molecule has 6 heteroatoms. The van der Waals surface area contributed by atoms with Crippen LogP contribution in [-0.2, 0) is 10.0 Å². The molecule has 0 saturated carbocycles. The van der Waals surface area contributed by atoms with Crippen LogP contribution in [0.15, 0.2) is 23.1 Å². The van der Waals surface area contributed by atoms with Crippen molar-refractivity contribution in [3.8, 4) is 11.5 Å². The molecule has 2 unspecified atom stereocenters. The molecule has 0 aromatic heterocycles. The lowest BCUT2D eigenvalue weighted by molar-refractivity contribution is 0.222. The molecule has 2 rings (SSSR count). The van der Waals surface area contributed by atoms with E-state index in [0.717, 1.165) is 6.42 Å². The number of piperidine rings is 1. The van der Waals surface area contributed by atoms with Gasteiger partial charge in [0.25, 0.3) is 0 Å². The fourth-order valence-electron chi connectivity index (χ4n) is 2.93. The first-order chi connectivity index (χ1) is 9.88. The van der Waals surface area contributed by atoms with Gasteiger partial charge in [0.05, 0.1) is 14.2 Å². The second kappa shape index (κ2) is 6.23. The lowest BCUT2D eigenvalue weighted by Crippen LogP contribution is -2.42. The van der Waals surface area contributed by atoms with Crippen LogP contribution >= 0.6 is 0 Å². The van der Waals surface area contributed by atoms with E-state index in [4.69, 9.17) is 9.47 Å². The summed E-state index contributed by atoms with van der Waals surface area (Å²) in [7, 11) is -0.537. The highest BCUT2D eigenvalue weighted by Gasteiger charge is 2.33. The van der Waals surface area contributed by atoms with Crippen LogP contribution in [-0.4, -0.2) is 40.0 Å². The van der Waals surface area contributed by atoms with Gasteiger partial charge in [-0.2, -0.15) is 4.31 Å². The molecule has 1 aliphatic heterocycles. The zero-order valence-corrected chi connectivity index (χ0v) is 13.8. The van der Waals surface area contributed by atoms with Gasteiger partial charge in [0, 0.05) is 19.2 Å². The number of rotatable bonds is 4. The fraction of sp³-hybridized carbons (Fsp3) is 0.600. The highest BCUT2D eigenvalue weighted by Crippen LogP contribution is 2.33. The zero-order valence-electron chi connectivity index (χ0n) is 13.0. The lowest BCUT2D eigenvalue weighted by Gasteiger charge is -2.34. The van der Waals surface area contributed by atoms with Crippen molar-refractivity contribution in [1.82, 2.24) is 4.31 Å². The molecule has 1 saturated heterocycles. The molecule has 1 aromatic carbocycles. The summed E-state index contributed by atoms with van der Waals surface area (Å²) in [6, 6.07) is 4.80. The summed E-state index contributed by atoms with van der Waals surface area (Å²) < 4.78 is 37.6. The summed E-state index contributed by atoms with van der Waals surface area (Å²) in [5, 5.41) is 0. The summed E-state index contributed by atoms with van der Waals surface area (Å²) in [6.45, 7) is 5.29. The van der Waals surface area contributed by atoms with Gasteiger partial charge in [0.15, 0.2) is 0 Å². The molecule has 2 atom stereocenters. The highest BCUT2D eigenvalue weighted by molar-refractivity contribution is 7.89. The average molecular weight is 313 g/mol. The van der Waals surface area contributed by atoms with Crippen molar-refractivity contribution >= 4 is 10.0 Å². The Morgan fingerprint density at radius 2 is 1.71 bits per heavy atom. The Hall–Kier alpha value is -1.27. The smallest absolute Gasteiger partial charge is 0.246 e. The molecule has 5 nitrogen and oxygen atoms in total. The first-order valence-electron chi connectivity index (χ1n) is 7.10. The molecule has 1 aliphatic rings. The second-order valence-electron chi connectivity index (χ2n) is 5.78. The third kappa shape index (κ3) is 3.32. The molecule has 21 heavy (non-hydrogen) atoms. The average Bonchev–Trinajstić information content (AvgIpc) is 2.45. The zero-order chi connectivity index (χ0) is 15.6. The minimum absolute atomic E-state index is 0.201. The molecule has 1 aromatic rings. The predicted octanol–water partition coefficient (Wildman–Crippen LogP) is 2.37. The fourth-order valence-corrected chi connectivity index (χ4v) is 4.75. The van der Waals surface area contributed by atoms with E-state index in [0.29, 0.717) is 36.4 Å². The number of sulfonamides is 1. The van der Waals surface area contributed by atoms with Gasteiger partial charge in [-0.1, -0.05) is 13.8 Å². The van der Waals surface area contributed by atoms with E-state index >= 15 is 0 Å². The van der Waals surface area contributed by atoms with Crippen molar-refractivity contribution in [2.24, 2.45) is 11.8 Å². The van der Waals surface area contributed by atoms with Crippen LogP contribution in [0.5, 0.6) is 11.5 Å². The minimum Gasteiger partial charge on any atom is -0.497 e. The van der Waals surface area contributed by atoms with Gasteiger partial charge in [-0.15, -0.1) is 0 Å². The molecule has 118 valence electrons. The highest BCUT2D eigenvalue weighted by atomic mass is 32.2. The van der Waals surface area contributed by atoms with Crippen LogP contribution in [0.2, 0.25) is 0 Å². The molecular formula is C15H23NO4S. The van der Waals surface area contributed by atoms with Crippen molar-refractivity contribution in [2.45, 2.75) is 25.2 Å². The van der Waals surface area contributed by atoms with E-state index in [9.17, 15) is 8.42 Å². The Morgan fingerprint density at radius 1 is 1.10 bits per heavy atom. The van der Waals surface area contributed by atoms with E-state index in [-0.39, 0.29) is 4.90 Å². The second-order valence-corrected chi connectivity index (χ2v) is 7.69. The van der Waals surface area contributed by atoms with Gasteiger partial charge >= 0.3 is 0 Å². The molecule has 0 amide bonds. The monoisotopic (exact) mass is 313 g/mol. The summed E-state index contributed by atoms with van der Waals surface area (Å²) in [5.74, 6) is 1.63. The van der Waals surface area contributed by atoms with Gasteiger partial charge in [0.1, 0.15) is 16.4 Å². The number of ether oxygens (including phenoxy) is 2. The standard InChI is InChI=1S/C15H23NO4S/c1-11-7-12(2)10-16(9-11)21(17,18)15-6-5-13(19-3)8-14(15)20-4/h5-6,8,11-12H,7,9-10H2,1-4H3. The van der Waals surface area contributed by atoms with Crippen molar-refractivity contribution in [1.29, 1.82) is 0 Å². The Balaban J connectivity index is 2.39. The van der Waals surface area contributed by atoms with E-state index in [1.54, 1.807) is 22.5 Å². The van der Waals surface area contributed by atoms with Crippen molar-refractivity contribution in [2.75, 3.05) is 27.3 Å². The molecule has 0 spiro atoms. The van der Waals surface area contributed by atoms with Crippen LogP contribution in [0.25, 0.3) is 0 Å². The number of hydrogen-bond donors (Lipinski definition) is 0. The molecule has 1 fully saturated rings. The summed E-state index contributed by atoms with van der Waals surface area (Å²) in [6.07, 6.45) is 1.06. The quantitative estimate of drug-likeness (QED) is 0.856. The third-order valence-electron chi connectivity index (χ3n) is 3.82. The van der Waals surface area contributed by atoms with Crippen molar-refractivity contribution in [3.63, 3.8) is 0 Å². The van der Waals surface area contributed by atoms with Gasteiger partial charge in [-0.25, -0.2) is 8.42 Å². The Bertz CT molecular complexity index is 590. The first-order valence-corrected chi connectivity index (χ1v) is 8.54. The number of methoxy groups -OCH3 is 2. The molecule has 0 N–H and O–H groups in total. The Labute approximate surface area is 126 Å². The minimum atomic E-state index is -3.54. The van der Waals surface area contributed by atoms with Crippen molar-refractivity contribution in [3.05, 3.63) is 18.2 Å². The maximum Gasteiger partial charge on any atom is 0.246 e. The molecule has 0 bridgehead atoms. The maximum absolute atomic E-state index is 12.9. The lowest BCUT2D eigenvalue weighted by atomic mass is 9.94. The van der Waals surface area contributed by atoms with Crippen LogP contribution < -0.4 is 9.47 Å². The summed E-state index contributed by atoms with van der Waals surface area (Å²) in [4.78, 5) is 0.201. The summed E-state index contributed by atoms with van der Waals surface area (Å²) in [5.41, 5.74) is 0. The third-order valence-corrected chi connectivity index (χ3v) is 5.70. The van der Waals surface area contributed by atoms with E-state index in [2.05, 4.69) is 13.8 Å². The predicted molar refractivity (Wildman–Crippen MR) is 81.2 cm³/mol. The molecule has 0 radical (unpaired) electrons. The maximum atomic E-state index is 12.9. The van der Waals surface area contributed by atoms with Gasteiger partial charge in [-0.3, -0.25) is 0 Å². The Kier molecular flexibility index (Phi) is 4.78. The van der Waals surface area contributed by atoms with E-state index < -0.39 is 10.0 Å².